The number of nitrogens with one attached hydrogen (secondary N) is 1. The smallest absolute Gasteiger partial charge is 0.267 e. The van der Waals surface area contributed by atoms with E-state index in [1.54, 1.807) is 11.8 Å². The fraction of sp³-hybridized carbons (Fsp3) is 0.167. The average Bonchev–Trinajstić information content (AvgIpc) is 3.17. The van der Waals surface area contributed by atoms with E-state index in [9.17, 15) is 18.0 Å². The van der Waals surface area contributed by atoms with E-state index in [0.29, 0.717) is 11.1 Å². The molecular weight excluding hydrogens is 526 g/mol. The molecule has 1 atom stereocenters. The van der Waals surface area contributed by atoms with Gasteiger partial charge in [-0.1, -0.05) is 86.0 Å². The standard InChI is InChI=1S/C30H27F3NO2PS/c1-3-22(20-13-15-21(16-14-20)30(31,32)33)23(4-2)28(35)34-36-19-38-18-17-29(37)26-11-7-5-9-24(26)25-10-6-8-12-27(25)29/h3-16H,1-2,17-19,37H2,(H,34,35)/b23-22-. The Bertz CT molecular complexity index is 1340. The van der Waals surface area contributed by atoms with Crippen molar-refractivity contribution >= 4 is 32.5 Å². The minimum atomic E-state index is -4.44. The number of amides is 1. The second-order valence-electron chi connectivity index (χ2n) is 8.72. The first-order chi connectivity index (χ1) is 18.2. The maximum absolute atomic E-state index is 12.9. The summed E-state index contributed by atoms with van der Waals surface area (Å²) in [5.74, 6) is 0.455. The number of carbonyl (C=O) groups is 1. The minimum absolute atomic E-state index is 0.146. The van der Waals surface area contributed by atoms with Crippen LogP contribution in [0.1, 0.15) is 28.7 Å². The number of hydrogen-bond donors (Lipinski definition) is 1. The summed E-state index contributed by atoms with van der Waals surface area (Å²) in [6.07, 6.45) is -0.849. The number of thioether (sulfide) groups is 1. The molecule has 0 heterocycles. The van der Waals surface area contributed by atoms with Gasteiger partial charge in [0, 0.05) is 10.7 Å². The van der Waals surface area contributed by atoms with E-state index in [2.05, 4.69) is 76.4 Å². The third kappa shape index (κ3) is 5.65. The summed E-state index contributed by atoms with van der Waals surface area (Å²) >= 11 is 1.54. The van der Waals surface area contributed by atoms with Gasteiger partial charge in [0.05, 0.1) is 5.56 Å². The van der Waals surface area contributed by atoms with E-state index in [-0.39, 0.29) is 16.7 Å². The molecule has 1 unspecified atom stereocenters. The third-order valence-electron chi connectivity index (χ3n) is 6.52. The van der Waals surface area contributed by atoms with Gasteiger partial charge < -0.3 is 0 Å². The molecule has 0 fully saturated rings. The lowest BCUT2D eigenvalue weighted by atomic mass is 9.93. The van der Waals surface area contributed by atoms with E-state index in [1.165, 1.54) is 46.5 Å². The Balaban J connectivity index is 1.34. The summed E-state index contributed by atoms with van der Waals surface area (Å²) in [6.45, 7) is 7.37. The van der Waals surface area contributed by atoms with Crippen molar-refractivity contribution < 1.29 is 22.8 Å². The normalized spacial score (nSPS) is 14.2. The number of hydrogen-bond acceptors (Lipinski definition) is 3. The molecule has 0 bridgehead atoms. The summed E-state index contributed by atoms with van der Waals surface area (Å²) < 4.78 is 38.7. The Kier molecular flexibility index (Phi) is 8.61. The van der Waals surface area contributed by atoms with E-state index < -0.39 is 17.6 Å². The number of hydroxylamine groups is 1. The number of allylic oxidation sites excluding steroid dienone is 2. The van der Waals surface area contributed by atoms with Crippen molar-refractivity contribution in [3.05, 3.63) is 126 Å². The largest absolute Gasteiger partial charge is 0.416 e. The van der Waals surface area contributed by atoms with E-state index in [4.69, 9.17) is 4.84 Å². The zero-order valence-corrected chi connectivity index (χ0v) is 22.5. The number of carbonyl (C=O) groups excluding carboxylic acids is 1. The molecule has 1 amide bonds. The predicted molar refractivity (Wildman–Crippen MR) is 152 cm³/mol. The lowest BCUT2D eigenvalue weighted by molar-refractivity contribution is -0.137. The molecule has 196 valence electrons. The molecule has 0 saturated heterocycles. The van der Waals surface area contributed by atoms with Crippen molar-refractivity contribution in [2.24, 2.45) is 0 Å². The van der Waals surface area contributed by atoms with Gasteiger partial charge in [0.2, 0.25) is 0 Å². The molecule has 1 N–H and O–H groups in total. The minimum Gasteiger partial charge on any atom is -0.267 e. The van der Waals surface area contributed by atoms with Crippen molar-refractivity contribution in [2.75, 3.05) is 11.7 Å². The van der Waals surface area contributed by atoms with Crippen LogP contribution in [-0.2, 0) is 21.0 Å². The molecule has 38 heavy (non-hydrogen) atoms. The number of rotatable bonds is 10. The van der Waals surface area contributed by atoms with Crippen molar-refractivity contribution in [1.29, 1.82) is 0 Å². The quantitative estimate of drug-likeness (QED) is 0.0697. The molecule has 3 aromatic rings. The molecule has 0 radical (unpaired) electrons. The van der Waals surface area contributed by atoms with E-state index >= 15 is 0 Å². The van der Waals surface area contributed by atoms with Crippen LogP contribution in [0.2, 0.25) is 0 Å². The average molecular weight is 554 g/mol. The maximum atomic E-state index is 12.9. The molecule has 0 spiro atoms. The van der Waals surface area contributed by atoms with Gasteiger partial charge in [-0.15, -0.1) is 21.0 Å². The van der Waals surface area contributed by atoms with Gasteiger partial charge in [-0.3, -0.25) is 9.63 Å². The fourth-order valence-electron chi connectivity index (χ4n) is 4.66. The Morgan fingerprint density at radius 2 is 1.53 bits per heavy atom. The van der Waals surface area contributed by atoms with Crippen LogP contribution in [-0.4, -0.2) is 17.6 Å². The first kappa shape index (κ1) is 27.9. The molecule has 8 heteroatoms. The van der Waals surface area contributed by atoms with Crippen LogP contribution in [0.5, 0.6) is 0 Å². The lowest BCUT2D eigenvalue weighted by Crippen LogP contribution is -2.25. The SMILES string of the molecule is C=C/C(C(=O)NOCSCCC1(P)c2ccccc2-c2ccccc21)=C(\C=C)c1ccc(C(F)(F)F)cc1. The highest BCUT2D eigenvalue weighted by Crippen LogP contribution is 2.54. The molecule has 3 aromatic carbocycles. The summed E-state index contributed by atoms with van der Waals surface area (Å²) in [6, 6.07) is 21.4. The van der Waals surface area contributed by atoms with Gasteiger partial charge in [0.25, 0.3) is 5.91 Å². The van der Waals surface area contributed by atoms with Gasteiger partial charge in [0.1, 0.15) is 5.94 Å². The van der Waals surface area contributed by atoms with Gasteiger partial charge in [-0.05, 0) is 57.7 Å². The van der Waals surface area contributed by atoms with Crippen LogP contribution in [0.4, 0.5) is 13.2 Å². The van der Waals surface area contributed by atoms with Crippen LogP contribution >= 0.6 is 21.0 Å². The predicted octanol–water partition coefficient (Wildman–Crippen LogP) is 7.76. The maximum Gasteiger partial charge on any atom is 0.416 e. The molecule has 1 aliphatic carbocycles. The number of alkyl halides is 3. The van der Waals surface area contributed by atoms with Crippen molar-refractivity contribution in [2.45, 2.75) is 17.8 Å². The van der Waals surface area contributed by atoms with Crippen molar-refractivity contribution in [1.82, 2.24) is 5.48 Å². The zero-order chi connectivity index (χ0) is 27.3. The Morgan fingerprint density at radius 1 is 0.947 bits per heavy atom. The molecule has 3 nitrogen and oxygen atoms in total. The lowest BCUT2D eigenvalue weighted by Gasteiger charge is -2.27. The first-order valence-electron chi connectivity index (χ1n) is 11.9. The second-order valence-corrected chi connectivity index (χ2v) is 10.8. The van der Waals surface area contributed by atoms with Crippen LogP contribution in [0, 0.1) is 0 Å². The first-order valence-corrected chi connectivity index (χ1v) is 13.6. The monoisotopic (exact) mass is 553 g/mol. The Morgan fingerprint density at radius 3 is 2.05 bits per heavy atom. The molecule has 1 aliphatic rings. The highest BCUT2D eigenvalue weighted by Gasteiger charge is 2.38. The Hall–Kier alpha value is -3.12. The van der Waals surface area contributed by atoms with Crippen LogP contribution in [0.25, 0.3) is 16.7 Å². The van der Waals surface area contributed by atoms with Crippen LogP contribution < -0.4 is 5.48 Å². The zero-order valence-electron chi connectivity index (χ0n) is 20.6. The van der Waals surface area contributed by atoms with Gasteiger partial charge in [-0.2, -0.15) is 13.2 Å². The number of fused-ring (bicyclic) bond motifs is 3. The summed E-state index contributed by atoms with van der Waals surface area (Å²) in [4.78, 5) is 18.1. The van der Waals surface area contributed by atoms with Crippen LogP contribution in [0.15, 0.2) is 104 Å². The summed E-state index contributed by atoms with van der Waals surface area (Å²) in [5.41, 5.74) is 7.60. The van der Waals surface area contributed by atoms with Gasteiger partial charge in [-0.25, -0.2) is 5.48 Å². The number of benzene rings is 3. The van der Waals surface area contributed by atoms with Crippen molar-refractivity contribution in [3.8, 4) is 11.1 Å². The molecule has 0 aromatic heterocycles. The molecule has 4 rings (SSSR count). The third-order valence-corrected chi connectivity index (χ3v) is 8.21. The Labute approximate surface area is 227 Å². The van der Waals surface area contributed by atoms with E-state index in [0.717, 1.165) is 24.3 Å². The molecular formula is C30H27F3NO2PS. The summed E-state index contributed by atoms with van der Waals surface area (Å²) in [7, 11) is 3.04. The van der Waals surface area contributed by atoms with Gasteiger partial charge in [0.15, 0.2) is 0 Å². The molecule has 0 aliphatic heterocycles. The highest BCUT2D eigenvalue weighted by atomic mass is 32.2. The fourth-order valence-corrected chi connectivity index (χ4v) is 6.24. The van der Waals surface area contributed by atoms with Crippen LogP contribution in [0.3, 0.4) is 0 Å². The van der Waals surface area contributed by atoms with E-state index in [1.807, 2.05) is 0 Å². The van der Waals surface area contributed by atoms with Crippen molar-refractivity contribution in [3.63, 3.8) is 0 Å². The second kappa shape index (κ2) is 11.7. The topological polar surface area (TPSA) is 38.3 Å². The van der Waals surface area contributed by atoms with Gasteiger partial charge >= 0.3 is 6.18 Å². The highest BCUT2D eigenvalue weighted by molar-refractivity contribution is 7.99. The number of halogens is 3. The summed E-state index contributed by atoms with van der Waals surface area (Å²) in [5, 5.41) is -0.192. The molecule has 0 saturated carbocycles.